The molecule has 2 aromatic carbocycles. The number of aryl methyl sites for hydroxylation is 1. The normalized spacial score (nSPS) is 18.5. The van der Waals surface area contributed by atoms with Gasteiger partial charge >= 0.3 is 0 Å². The molecule has 1 aromatic heterocycles. The van der Waals surface area contributed by atoms with Crippen LogP contribution >= 0.6 is 0 Å². The van der Waals surface area contributed by atoms with Crippen LogP contribution in [0.4, 0.5) is 0 Å². The average molecular weight is 414 g/mol. The lowest BCUT2D eigenvalue weighted by atomic mass is 9.71. The highest BCUT2D eigenvalue weighted by atomic mass is 16.5. The van der Waals surface area contributed by atoms with Crippen LogP contribution in [0.1, 0.15) is 65.0 Å². The third kappa shape index (κ3) is 3.05. The van der Waals surface area contributed by atoms with Crippen molar-refractivity contribution in [3.05, 3.63) is 63.8 Å². The number of likely N-dealkylation sites (tertiary alicyclic amines) is 1. The molecule has 1 aliphatic carbocycles. The van der Waals surface area contributed by atoms with Crippen molar-refractivity contribution in [3.63, 3.8) is 0 Å². The van der Waals surface area contributed by atoms with Crippen molar-refractivity contribution in [2.24, 2.45) is 0 Å². The van der Waals surface area contributed by atoms with E-state index in [1.165, 1.54) is 0 Å². The number of piperidine rings is 1. The highest BCUT2D eigenvalue weighted by molar-refractivity contribution is 6.20. The summed E-state index contributed by atoms with van der Waals surface area (Å²) in [6, 6.07) is 11.7. The molecule has 5 nitrogen and oxygen atoms in total. The van der Waals surface area contributed by atoms with E-state index in [4.69, 9.17) is 4.74 Å². The van der Waals surface area contributed by atoms with Gasteiger partial charge in [-0.2, -0.15) is 5.26 Å². The summed E-state index contributed by atoms with van der Waals surface area (Å²) in [5.74, 6) is 0.912. The minimum atomic E-state index is -0.386. The van der Waals surface area contributed by atoms with Crippen LogP contribution in [0.2, 0.25) is 0 Å². The molecular weight excluding hydrogens is 386 g/mol. The molecule has 0 atom stereocenters. The number of benzene rings is 2. The Morgan fingerprint density at radius 1 is 1.19 bits per heavy atom. The summed E-state index contributed by atoms with van der Waals surface area (Å²) >= 11 is 0. The number of aromatic nitrogens is 1. The number of nitrogens with one attached hydrogen (secondary N) is 1. The van der Waals surface area contributed by atoms with Gasteiger partial charge in [0.25, 0.3) is 0 Å². The molecule has 0 bridgehead atoms. The summed E-state index contributed by atoms with van der Waals surface area (Å²) in [4.78, 5) is 19.4. The summed E-state index contributed by atoms with van der Waals surface area (Å²) < 4.78 is 6.42. The van der Waals surface area contributed by atoms with E-state index in [1.807, 2.05) is 25.1 Å². The fraction of sp³-hybridized carbons (Fsp3) is 0.385. The molecule has 31 heavy (non-hydrogen) atoms. The van der Waals surface area contributed by atoms with E-state index in [2.05, 4.69) is 42.9 Å². The molecule has 2 aliphatic rings. The lowest BCUT2D eigenvalue weighted by Crippen LogP contribution is -2.36. The van der Waals surface area contributed by atoms with Gasteiger partial charge < -0.3 is 14.6 Å². The fourth-order valence-corrected chi connectivity index (χ4v) is 5.04. The van der Waals surface area contributed by atoms with E-state index >= 15 is 0 Å². The van der Waals surface area contributed by atoms with E-state index in [9.17, 15) is 10.1 Å². The zero-order valence-corrected chi connectivity index (χ0v) is 18.5. The number of nitrogens with zero attached hydrogens (tertiary/aromatic N) is 2. The zero-order valence-electron chi connectivity index (χ0n) is 18.5. The van der Waals surface area contributed by atoms with Crippen LogP contribution in [-0.4, -0.2) is 41.9 Å². The van der Waals surface area contributed by atoms with Crippen LogP contribution in [0.15, 0.2) is 30.3 Å². The Labute approximate surface area is 182 Å². The van der Waals surface area contributed by atoms with Gasteiger partial charge in [0.1, 0.15) is 11.9 Å². The third-order valence-electron chi connectivity index (χ3n) is 6.97. The molecule has 0 unspecified atom stereocenters. The maximum Gasteiger partial charge on any atom is 0.195 e. The highest BCUT2D eigenvalue weighted by Gasteiger charge is 2.40. The lowest BCUT2D eigenvalue weighted by molar-refractivity contribution is 0.103. The number of hydrogen-bond acceptors (Lipinski definition) is 4. The Morgan fingerprint density at radius 3 is 2.65 bits per heavy atom. The van der Waals surface area contributed by atoms with E-state index in [-0.39, 0.29) is 17.3 Å². The summed E-state index contributed by atoms with van der Waals surface area (Å²) in [7, 11) is 2.14. The van der Waals surface area contributed by atoms with Gasteiger partial charge in [0, 0.05) is 40.7 Å². The average Bonchev–Trinajstić information content (AvgIpc) is 3.15. The molecule has 1 saturated heterocycles. The molecule has 1 N–H and O–H groups in total. The first kappa shape index (κ1) is 19.8. The Balaban J connectivity index is 1.60. The van der Waals surface area contributed by atoms with E-state index < -0.39 is 0 Å². The molecule has 1 aliphatic heterocycles. The Bertz CT molecular complexity index is 1250. The molecule has 5 heteroatoms. The number of H-pyrrole nitrogens is 1. The van der Waals surface area contributed by atoms with Crippen molar-refractivity contribution in [1.82, 2.24) is 9.88 Å². The number of rotatable bonds is 2. The summed E-state index contributed by atoms with van der Waals surface area (Å²) in [5, 5.41) is 10.1. The van der Waals surface area contributed by atoms with E-state index in [1.54, 1.807) is 6.07 Å². The Kier molecular flexibility index (Phi) is 4.46. The zero-order chi connectivity index (χ0) is 21.9. The van der Waals surface area contributed by atoms with Crippen LogP contribution in [0.25, 0.3) is 10.9 Å². The lowest BCUT2D eigenvalue weighted by Gasteiger charge is -2.34. The molecular formula is C26H27N3O2. The summed E-state index contributed by atoms with van der Waals surface area (Å²) in [5.41, 5.74) is 5.39. The molecule has 3 aromatic rings. The summed E-state index contributed by atoms with van der Waals surface area (Å²) in [6.07, 6.45) is 2.24. The molecule has 0 spiro atoms. The molecule has 158 valence electrons. The van der Waals surface area contributed by atoms with Crippen molar-refractivity contribution in [2.45, 2.75) is 45.1 Å². The van der Waals surface area contributed by atoms with Gasteiger partial charge in [0.15, 0.2) is 5.78 Å². The van der Waals surface area contributed by atoms with Crippen LogP contribution in [0.5, 0.6) is 5.75 Å². The van der Waals surface area contributed by atoms with Gasteiger partial charge in [-0.3, -0.25) is 4.79 Å². The van der Waals surface area contributed by atoms with Crippen LogP contribution in [0, 0.1) is 18.3 Å². The predicted molar refractivity (Wildman–Crippen MR) is 121 cm³/mol. The number of nitriles is 1. The molecule has 1 fully saturated rings. The molecule has 2 heterocycles. The highest BCUT2D eigenvalue weighted by Crippen LogP contribution is 2.45. The van der Waals surface area contributed by atoms with E-state index in [0.29, 0.717) is 5.56 Å². The number of carbonyl (C=O) groups is 1. The quantitative estimate of drug-likeness (QED) is 0.662. The number of carbonyl (C=O) groups excluding carboxylic acids is 1. The first-order chi connectivity index (χ1) is 14.8. The van der Waals surface area contributed by atoms with Gasteiger partial charge in [0.05, 0.1) is 17.2 Å². The molecule has 0 radical (unpaired) electrons. The smallest absolute Gasteiger partial charge is 0.195 e. The largest absolute Gasteiger partial charge is 0.490 e. The minimum absolute atomic E-state index is 0.0363. The standard InChI is InChI=1S/C26H27N3O2/c1-15-11-19-20(13-22(15)31-17-7-9-29(4)10-8-17)26(2,3)25-23(24(19)30)18-6-5-16(14-27)12-21(18)28-25/h5-6,11-13,17,28H,7-10H2,1-4H3. The van der Waals surface area contributed by atoms with Gasteiger partial charge in [-0.25, -0.2) is 0 Å². The number of aromatic amines is 1. The van der Waals surface area contributed by atoms with Gasteiger partial charge in [0.2, 0.25) is 0 Å². The maximum absolute atomic E-state index is 13.6. The van der Waals surface area contributed by atoms with Crippen molar-refractivity contribution < 1.29 is 9.53 Å². The molecule has 0 saturated carbocycles. The maximum atomic E-state index is 13.6. The van der Waals surface area contributed by atoms with Gasteiger partial charge in [-0.1, -0.05) is 19.9 Å². The van der Waals surface area contributed by atoms with Gasteiger partial charge in [-0.05, 0) is 62.2 Å². The van der Waals surface area contributed by atoms with Crippen molar-refractivity contribution in [1.29, 1.82) is 5.26 Å². The van der Waals surface area contributed by atoms with Crippen LogP contribution in [0.3, 0.4) is 0 Å². The Morgan fingerprint density at radius 2 is 1.94 bits per heavy atom. The SMILES string of the molecule is Cc1cc2c(cc1OC1CCN(C)CC1)C(C)(C)c1[nH]c3cc(C#N)ccc3c1C2=O. The van der Waals surface area contributed by atoms with Crippen molar-refractivity contribution >= 4 is 16.7 Å². The first-order valence-electron chi connectivity index (χ1n) is 10.9. The van der Waals surface area contributed by atoms with Crippen molar-refractivity contribution in [3.8, 4) is 11.8 Å². The third-order valence-corrected chi connectivity index (χ3v) is 6.97. The summed E-state index contributed by atoms with van der Waals surface area (Å²) in [6.45, 7) is 8.40. The number of fused-ring (bicyclic) bond motifs is 4. The number of hydrogen-bond donors (Lipinski definition) is 1. The molecule has 0 amide bonds. The van der Waals surface area contributed by atoms with E-state index in [0.717, 1.165) is 70.5 Å². The fourth-order valence-electron chi connectivity index (χ4n) is 5.04. The monoisotopic (exact) mass is 413 g/mol. The second kappa shape index (κ2) is 6.96. The topological polar surface area (TPSA) is 69.1 Å². The minimum Gasteiger partial charge on any atom is -0.490 e. The van der Waals surface area contributed by atoms with Crippen LogP contribution in [-0.2, 0) is 5.41 Å². The number of ketones is 1. The Hall–Kier alpha value is -3.10. The van der Waals surface area contributed by atoms with Crippen LogP contribution < -0.4 is 4.74 Å². The number of ether oxygens (including phenoxy) is 1. The van der Waals surface area contributed by atoms with Crippen molar-refractivity contribution in [2.75, 3.05) is 20.1 Å². The predicted octanol–water partition coefficient (Wildman–Crippen LogP) is 4.69. The first-order valence-corrected chi connectivity index (χ1v) is 10.9. The molecule has 5 rings (SSSR count). The van der Waals surface area contributed by atoms with Gasteiger partial charge in [-0.15, -0.1) is 0 Å². The second-order valence-corrected chi connectivity index (χ2v) is 9.49. The second-order valence-electron chi connectivity index (χ2n) is 9.49.